The van der Waals surface area contributed by atoms with Gasteiger partial charge >= 0.3 is 5.76 Å². The van der Waals surface area contributed by atoms with Gasteiger partial charge in [0.1, 0.15) is 6.04 Å². The Labute approximate surface area is 102 Å². The summed E-state index contributed by atoms with van der Waals surface area (Å²) < 4.78 is 6.29. The molecule has 0 aliphatic carbocycles. The van der Waals surface area contributed by atoms with Crippen molar-refractivity contribution in [3.63, 3.8) is 0 Å². The maximum atomic E-state index is 11.5. The molecule has 0 fully saturated rings. The van der Waals surface area contributed by atoms with Crippen LogP contribution in [0.1, 0.15) is 0 Å². The van der Waals surface area contributed by atoms with Crippen LogP contribution in [-0.4, -0.2) is 28.2 Å². The topological polar surface area (TPSA) is 110 Å². The molecule has 1 unspecified atom stereocenters. The van der Waals surface area contributed by atoms with Crippen molar-refractivity contribution in [3.8, 4) is 0 Å². The molecule has 96 valence electrons. The van der Waals surface area contributed by atoms with E-state index in [1.54, 1.807) is 25.2 Å². The summed E-state index contributed by atoms with van der Waals surface area (Å²) in [4.78, 5) is 22.8. The standard InChI is InChI=1S/C11H13N3O4/c1-14-8-4-6(13-10(16)7(12)5-15)2-3-9(8)18-11(14)17/h2-4,7,15H,5,12H2,1H3,(H,13,16). The van der Waals surface area contributed by atoms with Gasteiger partial charge in [0.25, 0.3) is 0 Å². The third kappa shape index (κ3) is 2.13. The predicted molar refractivity (Wildman–Crippen MR) is 65.1 cm³/mol. The lowest BCUT2D eigenvalue weighted by molar-refractivity contribution is -0.118. The fourth-order valence-corrected chi connectivity index (χ4v) is 1.52. The van der Waals surface area contributed by atoms with E-state index < -0.39 is 24.3 Å². The number of nitrogens with zero attached hydrogens (tertiary/aromatic N) is 1. The van der Waals surface area contributed by atoms with E-state index in [2.05, 4.69) is 5.32 Å². The lowest BCUT2D eigenvalue weighted by atomic mass is 10.2. The van der Waals surface area contributed by atoms with Crippen LogP contribution in [0.2, 0.25) is 0 Å². The summed E-state index contributed by atoms with van der Waals surface area (Å²) in [5, 5.41) is 11.3. The van der Waals surface area contributed by atoms with E-state index in [0.29, 0.717) is 16.8 Å². The van der Waals surface area contributed by atoms with Crippen molar-refractivity contribution in [2.45, 2.75) is 6.04 Å². The fraction of sp³-hybridized carbons (Fsp3) is 0.273. The zero-order valence-electron chi connectivity index (χ0n) is 9.71. The minimum atomic E-state index is -0.978. The summed E-state index contributed by atoms with van der Waals surface area (Å²) in [6.07, 6.45) is 0. The van der Waals surface area contributed by atoms with Crippen molar-refractivity contribution in [1.82, 2.24) is 4.57 Å². The lowest BCUT2D eigenvalue weighted by Gasteiger charge is -2.09. The van der Waals surface area contributed by atoms with Crippen molar-refractivity contribution < 1.29 is 14.3 Å². The van der Waals surface area contributed by atoms with E-state index in [1.165, 1.54) is 4.57 Å². The summed E-state index contributed by atoms with van der Waals surface area (Å²) in [5.41, 5.74) is 6.86. The molecule has 0 bridgehead atoms. The van der Waals surface area contributed by atoms with Gasteiger partial charge in [-0.25, -0.2) is 4.79 Å². The minimum Gasteiger partial charge on any atom is -0.408 e. The first-order valence-corrected chi connectivity index (χ1v) is 5.30. The van der Waals surface area contributed by atoms with Gasteiger partial charge < -0.3 is 20.6 Å². The third-order valence-corrected chi connectivity index (χ3v) is 2.59. The number of hydrogen-bond acceptors (Lipinski definition) is 5. The number of aliphatic hydroxyl groups is 1. The number of fused-ring (bicyclic) bond motifs is 1. The van der Waals surface area contributed by atoms with Crippen molar-refractivity contribution in [1.29, 1.82) is 0 Å². The number of aryl methyl sites for hydroxylation is 1. The molecule has 18 heavy (non-hydrogen) atoms. The minimum absolute atomic E-state index is 0.432. The Balaban J connectivity index is 2.33. The molecule has 4 N–H and O–H groups in total. The number of carbonyl (C=O) groups is 1. The number of aromatic nitrogens is 1. The molecule has 2 rings (SSSR count). The van der Waals surface area contributed by atoms with E-state index in [1.807, 2.05) is 0 Å². The van der Waals surface area contributed by atoms with E-state index >= 15 is 0 Å². The van der Waals surface area contributed by atoms with Gasteiger partial charge in [-0.2, -0.15) is 0 Å². The number of carbonyl (C=O) groups excluding carboxylic acids is 1. The van der Waals surface area contributed by atoms with E-state index in [4.69, 9.17) is 15.3 Å². The molecule has 1 atom stereocenters. The molecule has 7 nitrogen and oxygen atoms in total. The zero-order valence-corrected chi connectivity index (χ0v) is 9.71. The second-order valence-electron chi connectivity index (χ2n) is 3.89. The largest absolute Gasteiger partial charge is 0.419 e. The van der Waals surface area contributed by atoms with Gasteiger partial charge in [0, 0.05) is 12.7 Å². The first kappa shape index (κ1) is 12.3. The number of anilines is 1. The van der Waals surface area contributed by atoms with E-state index in [9.17, 15) is 9.59 Å². The molecule has 2 aromatic rings. The zero-order chi connectivity index (χ0) is 13.3. The van der Waals surface area contributed by atoms with Crippen LogP contribution in [0.3, 0.4) is 0 Å². The molecule has 1 aromatic heterocycles. The van der Waals surface area contributed by atoms with Gasteiger partial charge in [-0.05, 0) is 18.2 Å². The number of rotatable bonds is 3. The number of nitrogens with two attached hydrogens (primary N) is 1. The lowest BCUT2D eigenvalue weighted by Crippen LogP contribution is -2.38. The molecule has 1 heterocycles. The highest BCUT2D eigenvalue weighted by atomic mass is 16.4. The highest BCUT2D eigenvalue weighted by Gasteiger charge is 2.13. The summed E-state index contributed by atoms with van der Waals surface area (Å²) in [6.45, 7) is -0.432. The number of oxazole rings is 1. The van der Waals surface area contributed by atoms with Crippen molar-refractivity contribution >= 4 is 22.7 Å². The monoisotopic (exact) mass is 251 g/mol. The number of amides is 1. The van der Waals surface area contributed by atoms with Crippen LogP contribution in [0.15, 0.2) is 27.4 Å². The average Bonchev–Trinajstić information content (AvgIpc) is 2.64. The fourth-order valence-electron chi connectivity index (χ4n) is 1.52. The van der Waals surface area contributed by atoms with Crippen molar-refractivity contribution in [2.75, 3.05) is 11.9 Å². The number of aliphatic hydroxyl groups excluding tert-OH is 1. The molecule has 0 radical (unpaired) electrons. The van der Waals surface area contributed by atoms with Crippen molar-refractivity contribution in [2.24, 2.45) is 12.8 Å². The van der Waals surface area contributed by atoms with E-state index in [-0.39, 0.29) is 0 Å². The number of benzene rings is 1. The Hall–Kier alpha value is -2.12. The average molecular weight is 251 g/mol. The van der Waals surface area contributed by atoms with Gasteiger partial charge in [-0.1, -0.05) is 0 Å². The molecule has 1 aromatic carbocycles. The van der Waals surface area contributed by atoms with Crippen LogP contribution in [-0.2, 0) is 11.8 Å². The maximum Gasteiger partial charge on any atom is 0.419 e. The summed E-state index contributed by atoms with van der Waals surface area (Å²) >= 11 is 0. The Morgan fingerprint density at radius 3 is 3.00 bits per heavy atom. The molecule has 7 heteroatoms. The second kappa shape index (κ2) is 4.63. The molecule has 0 spiro atoms. The van der Waals surface area contributed by atoms with Gasteiger partial charge in [0.05, 0.1) is 12.1 Å². The third-order valence-electron chi connectivity index (χ3n) is 2.59. The van der Waals surface area contributed by atoms with Crippen LogP contribution in [0, 0.1) is 0 Å². The Morgan fingerprint density at radius 1 is 1.61 bits per heavy atom. The smallest absolute Gasteiger partial charge is 0.408 e. The summed E-state index contributed by atoms with van der Waals surface area (Å²) in [7, 11) is 1.57. The van der Waals surface area contributed by atoms with Gasteiger partial charge in [0.2, 0.25) is 5.91 Å². The van der Waals surface area contributed by atoms with Crippen LogP contribution < -0.4 is 16.8 Å². The second-order valence-corrected chi connectivity index (χ2v) is 3.89. The first-order valence-electron chi connectivity index (χ1n) is 5.30. The normalized spacial score (nSPS) is 12.6. The first-order chi connectivity index (χ1) is 8.52. The summed E-state index contributed by atoms with van der Waals surface area (Å²) in [5.74, 6) is -0.967. The number of hydrogen-bond donors (Lipinski definition) is 3. The Kier molecular flexibility index (Phi) is 3.17. The quantitative estimate of drug-likeness (QED) is 0.674. The Bertz CT molecular complexity index is 643. The predicted octanol–water partition coefficient (Wildman–Crippen LogP) is -0.610. The molecular formula is C11H13N3O4. The van der Waals surface area contributed by atoms with E-state index in [0.717, 1.165) is 0 Å². The molecular weight excluding hydrogens is 238 g/mol. The number of nitrogens with one attached hydrogen (secondary N) is 1. The molecule has 1 amide bonds. The highest BCUT2D eigenvalue weighted by Crippen LogP contribution is 2.17. The van der Waals surface area contributed by atoms with Crippen LogP contribution >= 0.6 is 0 Å². The highest BCUT2D eigenvalue weighted by molar-refractivity contribution is 5.96. The van der Waals surface area contributed by atoms with Gasteiger partial charge in [-0.3, -0.25) is 9.36 Å². The Morgan fingerprint density at radius 2 is 2.33 bits per heavy atom. The molecule has 0 saturated carbocycles. The van der Waals surface area contributed by atoms with Crippen molar-refractivity contribution in [3.05, 3.63) is 28.7 Å². The van der Waals surface area contributed by atoms with Gasteiger partial charge in [-0.15, -0.1) is 0 Å². The molecule has 0 saturated heterocycles. The molecule has 0 aliphatic rings. The SMILES string of the molecule is Cn1c(=O)oc2ccc(NC(=O)C(N)CO)cc21. The van der Waals surface area contributed by atoms with Gasteiger partial charge in [0.15, 0.2) is 5.58 Å². The van der Waals surface area contributed by atoms with Crippen LogP contribution in [0.25, 0.3) is 11.1 Å². The van der Waals surface area contributed by atoms with Crippen LogP contribution in [0.5, 0.6) is 0 Å². The van der Waals surface area contributed by atoms with Crippen LogP contribution in [0.4, 0.5) is 5.69 Å². The molecule has 0 aliphatic heterocycles. The maximum absolute atomic E-state index is 11.5. The summed E-state index contributed by atoms with van der Waals surface area (Å²) in [6, 6.07) is 3.79.